The Balaban J connectivity index is 1.96. The van der Waals surface area contributed by atoms with Crippen molar-refractivity contribution in [1.82, 2.24) is 0 Å². The molecule has 7 nitrogen and oxygen atoms in total. The number of nitrogens with two attached hydrogens (primary N) is 1. The van der Waals surface area contributed by atoms with Gasteiger partial charge in [-0.05, 0) is 53.6 Å². The van der Waals surface area contributed by atoms with E-state index >= 15 is 0 Å². The summed E-state index contributed by atoms with van der Waals surface area (Å²) in [6, 6.07) is 19.5. The van der Waals surface area contributed by atoms with Crippen LogP contribution in [0.3, 0.4) is 0 Å². The quantitative estimate of drug-likeness (QED) is 0.483. The van der Waals surface area contributed by atoms with Gasteiger partial charge in [0.15, 0.2) is 0 Å². The second-order valence-corrected chi connectivity index (χ2v) is 8.15. The normalized spacial score (nSPS) is 11.0. The van der Waals surface area contributed by atoms with Crippen LogP contribution in [0, 0.1) is 0 Å². The van der Waals surface area contributed by atoms with E-state index in [2.05, 4.69) is 10.0 Å². The minimum atomic E-state index is -3.90. The topological polar surface area (TPSA) is 103 Å². The van der Waals surface area contributed by atoms with Crippen molar-refractivity contribution in [3.8, 4) is 22.6 Å². The second kappa shape index (κ2) is 9.51. The van der Waals surface area contributed by atoms with Crippen LogP contribution in [0.25, 0.3) is 11.1 Å². The standard InChI is InChI=1S/C22H25N3O4S/c1-28-20-8-3-5-16(13-20)17-9-10-21(29-2)22(14-17)30(26,27)25-19-7-4-6-18(15-19)24-12-11-23/h3-10,13-15,24-25H,11-12,23H2,1-2H3. The number of rotatable bonds is 9. The van der Waals surface area contributed by atoms with Gasteiger partial charge in [-0.15, -0.1) is 0 Å². The summed E-state index contributed by atoms with van der Waals surface area (Å²) in [6.45, 7) is 1.07. The number of ether oxygens (including phenoxy) is 2. The lowest BCUT2D eigenvalue weighted by Crippen LogP contribution is -2.15. The van der Waals surface area contributed by atoms with Gasteiger partial charge < -0.3 is 20.5 Å². The monoisotopic (exact) mass is 427 g/mol. The maximum Gasteiger partial charge on any atom is 0.265 e. The van der Waals surface area contributed by atoms with E-state index < -0.39 is 10.0 Å². The molecule has 0 aliphatic rings. The highest BCUT2D eigenvalue weighted by Gasteiger charge is 2.21. The highest BCUT2D eigenvalue weighted by Crippen LogP contribution is 2.32. The first-order chi connectivity index (χ1) is 14.5. The van der Waals surface area contributed by atoms with Gasteiger partial charge in [0, 0.05) is 18.8 Å². The van der Waals surface area contributed by atoms with Crippen LogP contribution >= 0.6 is 0 Å². The summed E-state index contributed by atoms with van der Waals surface area (Å²) in [7, 11) is -0.870. The molecule has 0 radical (unpaired) electrons. The molecule has 3 rings (SSSR count). The lowest BCUT2D eigenvalue weighted by Gasteiger charge is -2.14. The molecule has 3 aromatic carbocycles. The molecule has 0 bridgehead atoms. The van der Waals surface area contributed by atoms with Gasteiger partial charge in [-0.2, -0.15) is 0 Å². The fraction of sp³-hybridized carbons (Fsp3) is 0.182. The molecular formula is C22H25N3O4S. The van der Waals surface area contributed by atoms with E-state index in [0.29, 0.717) is 24.5 Å². The maximum absolute atomic E-state index is 13.2. The van der Waals surface area contributed by atoms with Crippen LogP contribution in [-0.2, 0) is 10.0 Å². The van der Waals surface area contributed by atoms with Crippen molar-refractivity contribution in [3.05, 3.63) is 66.7 Å². The number of methoxy groups -OCH3 is 2. The Morgan fingerprint density at radius 2 is 1.60 bits per heavy atom. The molecule has 0 saturated heterocycles. The number of hydrogen-bond donors (Lipinski definition) is 3. The number of sulfonamides is 1. The first-order valence-electron chi connectivity index (χ1n) is 9.36. The van der Waals surface area contributed by atoms with Crippen molar-refractivity contribution in [2.45, 2.75) is 4.90 Å². The zero-order valence-electron chi connectivity index (χ0n) is 16.9. The first kappa shape index (κ1) is 21.5. The third-order valence-electron chi connectivity index (χ3n) is 4.44. The molecule has 30 heavy (non-hydrogen) atoms. The minimum absolute atomic E-state index is 0.0469. The average Bonchev–Trinajstić information content (AvgIpc) is 2.77. The minimum Gasteiger partial charge on any atom is -0.497 e. The van der Waals surface area contributed by atoms with Crippen LogP contribution in [0.15, 0.2) is 71.6 Å². The summed E-state index contributed by atoms with van der Waals surface area (Å²) >= 11 is 0. The van der Waals surface area contributed by atoms with Crippen molar-refractivity contribution in [1.29, 1.82) is 0 Å². The smallest absolute Gasteiger partial charge is 0.265 e. The van der Waals surface area contributed by atoms with Gasteiger partial charge in [0.05, 0.1) is 19.9 Å². The summed E-state index contributed by atoms with van der Waals surface area (Å²) in [5, 5.41) is 3.13. The van der Waals surface area contributed by atoms with Crippen LogP contribution in [0.2, 0.25) is 0 Å². The molecule has 0 saturated carbocycles. The number of nitrogens with one attached hydrogen (secondary N) is 2. The summed E-state index contributed by atoms with van der Waals surface area (Å²) < 4.78 is 39.5. The van der Waals surface area contributed by atoms with Crippen LogP contribution in [0.4, 0.5) is 11.4 Å². The van der Waals surface area contributed by atoms with Gasteiger partial charge in [-0.25, -0.2) is 8.42 Å². The third-order valence-corrected chi connectivity index (χ3v) is 5.85. The fourth-order valence-corrected chi connectivity index (χ4v) is 4.23. The molecule has 0 heterocycles. The largest absolute Gasteiger partial charge is 0.497 e. The van der Waals surface area contributed by atoms with Crippen molar-refractivity contribution in [2.24, 2.45) is 5.73 Å². The van der Waals surface area contributed by atoms with Gasteiger partial charge in [-0.3, -0.25) is 4.72 Å². The molecular weight excluding hydrogens is 402 g/mol. The van der Waals surface area contributed by atoms with E-state index in [1.807, 2.05) is 36.4 Å². The molecule has 158 valence electrons. The SMILES string of the molecule is COc1cccc(-c2ccc(OC)c(S(=O)(=O)Nc3cccc(NCCN)c3)c2)c1. The number of benzene rings is 3. The number of hydrogen-bond acceptors (Lipinski definition) is 6. The van der Waals surface area contributed by atoms with Gasteiger partial charge in [0.25, 0.3) is 10.0 Å². The van der Waals surface area contributed by atoms with Crippen LogP contribution < -0.4 is 25.2 Å². The summed E-state index contributed by atoms with van der Waals surface area (Å²) in [5.74, 6) is 0.944. The van der Waals surface area contributed by atoms with Crippen LogP contribution in [0.5, 0.6) is 11.5 Å². The van der Waals surface area contributed by atoms with Crippen LogP contribution in [0.1, 0.15) is 0 Å². The zero-order chi connectivity index (χ0) is 21.6. The third kappa shape index (κ3) is 5.03. The van der Waals surface area contributed by atoms with Gasteiger partial charge >= 0.3 is 0 Å². The predicted octanol–water partition coefficient (Wildman–Crippen LogP) is 3.54. The van der Waals surface area contributed by atoms with E-state index in [1.165, 1.54) is 7.11 Å². The highest BCUT2D eigenvalue weighted by molar-refractivity contribution is 7.92. The van der Waals surface area contributed by atoms with Gasteiger partial charge in [-0.1, -0.05) is 24.3 Å². The molecule has 3 aromatic rings. The molecule has 0 aliphatic carbocycles. The Kier molecular flexibility index (Phi) is 6.81. The fourth-order valence-electron chi connectivity index (χ4n) is 2.99. The second-order valence-electron chi connectivity index (χ2n) is 6.50. The molecule has 0 aromatic heterocycles. The first-order valence-corrected chi connectivity index (χ1v) is 10.8. The Morgan fingerprint density at radius 3 is 2.33 bits per heavy atom. The molecule has 0 unspecified atom stereocenters. The van der Waals surface area contributed by atoms with E-state index in [-0.39, 0.29) is 10.6 Å². The van der Waals surface area contributed by atoms with Gasteiger partial charge in [0.1, 0.15) is 16.4 Å². The van der Waals surface area contributed by atoms with E-state index in [1.54, 1.807) is 37.4 Å². The molecule has 8 heteroatoms. The van der Waals surface area contributed by atoms with Crippen molar-refractivity contribution in [3.63, 3.8) is 0 Å². The highest BCUT2D eigenvalue weighted by atomic mass is 32.2. The Hall–Kier alpha value is -3.23. The summed E-state index contributed by atoms with van der Waals surface area (Å²) in [6.07, 6.45) is 0. The lowest BCUT2D eigenvalue weighted by molar-refractivity contribution is 0.403. The Bertz CT molecular complexity index is 1120. The maximum atomic E-state index is 13.2. The molecule has 0 fully saturated rings. The van der Waals surface area contributed by atoms with Crippen LogP contribution in [-0.4, -0.2) is 35.7 Å². The van der Waals surface area contributed by atoms with E-state index in [0.717, 1.165) is 16.8 Å². The van der Waals surface area contributed by atoms with Crippen molar-refractivity contribution < 1.29 is 17.9 Å². The number of anilines is 2. The molecule has 0 atom stereocenters. The Labute approximate surface area is 176 Å². The zero-order valence-corrected chi connectivity index (χ0v) is 17.7. The van der Waals surface area contributed by atoms with Crippen molar-refractivity contribution in [2.75, 3.05) is 37.3 Å². The van der Waals surface area contributed by atoms with E-state index in [9.17, 15) is 8.42 Å². The summed E-state index contributed by atoms with van der Waals surface area (Å²) in [5.41, 5.74) is 8.29. The molecule has 0 amide bonds. The predicted molar refractivity (Wildman–Crippen MR) is 120 cm³/mol. The van der Waals surface area contributed by atoms with E-state index in [4.69, 9.17) is 15.2 Å². The summed E-state index contributed by atoms with van der Waals surface area (Å²) in [4.78, 5) is 0.0469. The lowest BCUT2D eigenvalue weighted by atomic mass is 10.1. The van der Waals surface area contributed by atoms with Gasteiger partial charge in [0.2, 0.25) is 0 Å². The molecule has 0 spiro atoms. The molecule has 0 aliphatic heterocycles. The van der Waals surface area contributed by atoms with Crippen molar-refractivity contribution >= 4 is 21.4 Å². The molecule has 4 N–H and O–H groups in total. The Morgan fingerprint density at radius 1 is 0.867 bits per heavy atom. The average molecular weight is 428 g/mol.